The van der Waals surface area contributed by atoms with E-state index in [0.717, 1.165) is 16.9 Å². The van der Waals surface area contributed by atoms with E-state index in [4.69, 9.17) is 22.1 Å². The number of rotatable bonds is 7. The molecule has 0 fully saturated rings. The van der Waals surface area contributed by atoms with Gasteiger partial charge in [0.25, 0.3) is 11.8 Å². The molecule has 0 spiro atoms. The molecule has 2 heterocycles. The third-order valence-corrected chi connectivity index (χ3v) is 5.58. The van der Waals surface area contributed by atoms with Crippen LogP contribution >= 0.6 is 22.9 Å². The van der Waals surface area contributed by atoms with Crippen molar-refractivity contribution in [3.63, 3.8) is 0 Å². The lowest BCUT2D eigenvalue weighted by molar-refractivity contribution is -0.119. The highest BCUT2D eigenvalue weighted by Crippen LogP contribution is 2.23. The van der Waals surface area contributed by atoms with Crippen LogP contribution in [0.3, 0.4) is 0 Å². The summed E-state index contributed by atoms with van der Waals surface area (Å²) in [6.45, 7) is 3.33. The van der Waals surface area contributed by atoms with Crippen molar-refractivity contribution in [2.45, 2.75) is 20.4 Å². The quantitative estimate of drug-likeness (QED) is 0.541. The number of nitrogens with one attached hydrogen (secondary N) is 1. The van der Waals surface area contributed by atoms with Gasteiger partial charge in [0.2, 0.25) is 0 Å². The lowest BCUT2D eigenvalue weighted by Crippen LogP contribution is -2.22. The summed E-state index contributed by atoms with van der Waals surface area (Å²) in [6.07, 6.45) is 0. The van der Waals surface area contributed by atoms with E-state index in [9.17, 15) is 14.4 Å². The van der Waals surface area contributed by atoms with Crippen LogP contribution in [-0.2, 0) is 16.1 Å². The Kier molecular flexibility index (Phi) is 6.53. The Balaban J connectivity index is 1.66. The first-order valence-corrected chi connectivity index (χ1v) is 10.2. The summed E-state index contributed by atoms with van der Waals surface area (Å²) < 4.78 is 6.81. The molecular weight excluding hydrogens is 428 g/mol. The SMILES string of the molecule is Cc1nn(Cc2ccccc2Cl)c(C)c1C(=O)OCC(=O)Nc1sccc1C(N)=O. The number of carbonyl (C=O) groups excluding carboxylic acids is 3. The number of hydrogen-bond donors (Lipinski definition) is 2. The lowest BCUT2D eigenvalue weighted by atomic mass is 10.2. The van der Waals surface area contributed by atoms with Gasteiger partial charge in [-0.2, -0.15) is 5.10 Å². The van der Waals surface area contributed by atoms with Crippen molar-refractivity contribution in [2.75, 3.05) is 11.9 Å². The first kappa shape index (κ1) is 21.5. The number of primary amides is 1. The fourth-order valence-electron chi connectivity index (χ4n) is 2.90. The molecule has 156 valence electrons. The predicted molar refractivity (Wildman–Crippen MR) is 114 cm³/mol. The molecule has 2 aromatic heterocycles. The van der Waals surface area contributed by atoms with E-state index in [1.807, 2.05) is 18.2 Å². The summed E-state index contributed by atoms with van der Waals surface area (Å²) in [7, 11) is 0. The molecule has 0 radical (unpaired) electrons. The number of aryl methyl sites for hydroxylation is 1. The third kappa shape index (κ3) is 4.69. The van der Waals surface area contributed by atoms with Crippen LogP contribution in [0.15, 0.2) is 35.7 Å². The van der Waals surface area contributed by atoms with Crippen LogP contribution in [0.2, 0.25) is 5.02 Å². The number of hydrogen-bond acceptors (Lipinski definition) is 6. The van der Waals surface area contributed by atoms with Crippen LogP contribution in [-0.4, -0.2) is 34.2 Å². The highest BCUT2D eigenvalue weighted by atomic mass is 35.5. The second-order valence-electron chi connectivity index (χ2n) is 6.45. The van der Waals surface area contributed by atoms with Crippen molar-refractivity contribution in [1.82, 2.24) is 9.78 Å². The Bertz CT molecular complexity index is 1120. The second kappa shape index (κ2) is 9.10. The number of amides is 2. The monoisotopic (exact) mass is 446 g/mol. The Morgan fingerprint density at radius 3 is 2.67 bits per heavy atom. The first-order valence-electron chi connectivity index (χ1n) is 8.89. The maximum atomic E-state index is 12.5. The molecule has 0 saturated carbocycles. The molecule has 0 unspecified atom stereocenters. The summed E-state index contributed by atoms with van der Waals surface area (Å²) in [5, 5.41) is 9.45. The molecule has 3 rings (SSSR count). The molecule has 0 saturated heterocycles. The molecule has 0 bridgehead atoms. The number of halogens is 1. The van der Waals surface area contributed by atoms with Gasteiger partial charge in [-0.15, -0.1) is 11.3 Å². The maximum absolute atomic E-state index is 12.5. The van der Waals surface area contributed by atoms with E-state index in [-0.39, 0.29) is 5.56 Å². The molecule has 3 aromatic rings. The second-order valence-corrected chi connectivity index (χ2v) is 7.77. The molecule has 8 nitrogen and oxygen atoms in total. The summed E-state index contributed by atoms with van der Waals surface area (Å²) in [5.41, 5.74) is 7.70. The number of anilines is 1. The van der Waals surface area contributed by atoms with Crippen LogP contribution in [0.4, 0.5) is 5.00 Å². The number of ether oxygens (including phenoxy) is 1. The number of esters is 1. The summed E-state index contributed by atoms with van der Waals surface area (Å²) >= 11 is 7.35. The molecule has 0 aliphatic heterocycles. The number of aromatic nitrogens is 2. The average Bonchev–Trinajstić information content (AvgIpc) is 3.26. The first-order chi connectivity index (χ1) is 14.3. The lowest BCUT2D eigenvalue weighted by Gasteiger charge is -2.08. The molecule has 1 aromatic carbocycles. The summed E-state index contributed by atoms with van der Waals surface area (Å²) in [6, 6.07) is 8.88. The molecule has 0 atom stereocenters. The normalized spacial score (nSPS) is 10.6. The summed E-state index contributed by atoms with van der Waals surface area (Å²) in [5.74, 6) is -1.89. The van der Waals surface area contributed by atoms with Crippen LogP contribution < -0.4 is 11.1 Å². The Labute approximate surface area is 181 Å². The van der Waals surface area contributed by atoms with Crippen LogP contribution in [0, 0.1) is 13.8 Å². The smallest absolute Gasteiger partial charge is 0.342 e. The third-order valence-electron chi connectivity index (χ3n) is 4.38. The molecule has 2 amide bonds. The number of thiophene rings is 1. The van der Waals surface area contributed by atoms with Crippen molar-refractivity contribution in [2.24, 2.45) is 5.73 Å². The molecule has 0 aliphatic rings. The van der Waals surface area contributed by atoms with Gasteiger partial charge < -0.3 is 15.8 Å². The van der Waals surface area contributed by atoms with E-state index >= 15 is 0 Å². The maximum Gasteiger partial charge on any atom is 0.342 e. The van der Waals surface area contributed by atoms with E-state index in [2.05, 4.69) is 10.4 Å². The summed E-state index contributed by atoms with van der Waals surface area (Å²) in [4.78, 5) is 36.0. The number of benzene rings is 1. The van der Waals surface area contributed by atoms with Gasteiger partial charge in [0.05, 0.1) is 23.5 Å². The highest BCUT2D eigenvalue weighted by molar-refractivity contribution is 7.14. The minimum absolute atomic E-state index is 0.201. The minimum atomic E-state index is -0.660. The Morgan fingerprint density at radius 1 is 1.23 bits per heavy atom. The number of nitrogens with zero attached hydrogens (tertiary/aromatic N) is 2. The molecule has 3 N–H and O–H groups in total. The van der Waals surface area contributed by atoms with Gasteiger partial charge in [0.1, 0.15) is 10.6 Å². The van der Waals surface area contributed by atoms with Gasteiger partial charge in [-0.3, -0.25) is 14.3 Å². The highest BCUT2D eigenvalue weighted by Gasteiger charge is 2.22. The number of nitrogens with two attached hydrogens (primary N) is 1. The zero-order chi connectivity index (χ0) is 21.8. The Morgan fingerprint density at radius 2 is 1.97 bits per heavy atom. The van der Waals surface area contributed by atoms with E-state index in [1.165, 1.54) is 6.07 Å². The van der Waals surface area contributed by atoms with Gasteiger partial charge in [-0.05, 0) is 36.9 Å². The van der Waals surface area contributed by atoms with Crippen molar-refractivity contribution in [1.29, 1.82) is 0 Å². The van der Waals surface area contributed by atoms with Crippen molar-refractivity contribution in [3.8, 4) is 0 Å². The van der Waals surface area contributed by atoms with Crippen molar-refractivity contribution >= 4 is 45.7 Å². The van der Waals surface area contributed by atoms with Crippen LogP contribution in [0.1, 0.15) is 37.7 Å². The van der Waals surface area contributed by atoms with Gasteiger partial charge in [0, 0.05) is 5.02 Å². The van der Waals surface area contributed by atoms with E-state index in [0.29, 0.717) is 33.5 Å². The largest absolute Gasteiger partial charge is 0.452 e. The fraction of sp³-hybridized carbons (Fsp3) is 0.200. The standard InChI is InChI=1S/C20H19ClN4O4S/c1-11-17(12(2)25(24-11)9-13-5-3-4-6-15(13)21)20(28)29-10-16(26)23-19-14(18(22)27)7-8-30-19/h3-8H,9-10H2,1-2H3,(H2,22,27)(H,23,26). The molecule has 30 heavy (non-hydrogen) atoms. The van der Waals surface area contributed by atoms with Gasteiger partial charge in [-0.25, -0.2) is 4.79 Å². The Hall–Kier alpha value is -3.17. The van der Waals surface area contributed by atoms with Crippen LogP contribution in [0.5, 0.6) is 0 Å². The minimum Gasteiger partial charge on any atom is -0.452 e. The molecular formula is C20H19ClN4O4S. The fourth-order valence-corrected chi connectivity index (χ4v) is 3.90. The van der Waals surface area contributed by atoms with Crippen molar-refractivity contribution < 1.29 is 19.1 Å². The zero-order valence-corrected chi connectivity index (χ0v) is 17.8. The average molecular weight is 447 g/mol. The van der Waals surface area contributed by atoms with Gasteiger partial charge in [-0.1, -0.05) is 29.8 Å². The predicted octanol–water partition coefficient (Wildman–Crippen LogP) is 3.16. The topological polar surface area (TPSA) is 116 Å². The van der Waals surface area contributed by atoms with Gasteiger partial charge >= 0.3 is 5.97 Å². The number of carbonyl (C=O) groups is 3. The molecule has 0 aliphatic carbocycles. The molecule has 10 heteroatoms. The van der Waals surface area contributed by atoms with E-state index < -0.39 is 24.4 Å². The van der Waals surface area contributed by atoms with Gasteiger partial charge in [0.15, 0.2) is 6.61 Å². The van der Waals surface area contributed by atoms with Crippen molar-refractivity contribution in [3.05, 3.63) is 68.8 Å². The van der Waals surface area contributed by atoms with Crippen LogP contribution in [0.25, 0.3) is 0 Å². The zero-order valence-electron chi connectivity index (χ0n) is 16.3. The van der Waals surface area contributed by atoms with E-state index in [1.54, 1.807) is 30.0 Å².